The lowest BCUT2D eigenvalue weighted by molar-refractivity contribution is -0.870. The van der Waals surface area contributed by atoms with Gasteiger partial charge in [-0.1, -0.05) is 218 Å². The van der Waals surface area contributed by atoms with Crippen molar-refractivity contribution >= 4 is 13.7 Å². The molecule has 0 saturated carbocycles. The van der Waals surface area contributed by atoms with Crippen LogP contribution in [0.5, 0.6) is 0 Å². The second kappa shape index (κ2) is 43.2. The van der Waals surface area contributed by atoms with Gasteiger partial charge in [0.25, 0.3) is 0 Å². The summed E-state index contributed by atoms with van der Waals surface area (Å²) in [4.78, 5) is 23.2. The third-order valence-electron chi connectivity index (χ3n) is 11.7. The van der Waals surface area contributed by atoms with Gasteiger partial charge in [-0.2, -0.15) is 0 Å². The van der Waals surface area contributed by atoms with Crippen LogP contribution in [0.3, 0.4) is 0 Å². The molecule has 0 radical (unpaired) electrons. The van der Waals surface area contributed by atoms with Crippen molar-refractivity contribution < 1.29 is 32.9 Å². The molecule has 356 valence electrons. The summed E-state index contributed by atoms with van der Waals surface area (Å²) in [6.45, 7) is 4.83. The first-order valence-electron chi connectivity index (χ1n) is 25.7. The van der Waals surface area contributed by atoms with Crippen LogP contribution in [0.15, 0.2) is 24.3 Å². The van der Waals surface area contributed by atoms with E-state index in [0.717, 1.165) is 38.5 Å². The predicted octanol–water partition coefficient (Wildman–Crippen LogP) is 14.9. The number of amides is 1. The van der Waals surface area contributed by atoms with Crippen molar-refractivity contribution in [2.24, 2.45) is 0 Å². The molecule has 0 aromatic rings. The SMILES string of the molecule is CCCCCCCCCCCCCC/C=C\CCCCCCCCCC(=O)NC(COP(=O)(O)OCC[N+](C)(C)C)C(O)/C=C/CCCCCCCCCCCCCCC. The Labute approximate surface area is 373 Å². The van der Waals surface area contributed by atoms with Crippen LogP contribution in [0.4, 0.5) is 0 Å². The van der Waals surface area contributed by atoms with Gasteiger partial charge in [-0.3, -0.25) is 13.8 Å². The van der Waals surface area contributed by atoms with Crippen molar-refractivity contribution in [2.45, 2.75) is 257 Å². The summed E-state index contributed by atoms with van der Waals surface area (Å²) >= 11 is 0. The van der Waals surface area contributed by atoms with Crippen molar-refractivity contribution in [1.29, 1.82) is 0 Å². The third-order valence-corrected chi connectivity index (χ3v) is 12.6. The number of carbonyl (C=O) groups excluding carboxylic acids is 1. The highest BCUT2D eigenvalue weighted by Gasteiger charge is 2.27. The van der Waals surface area contributed by atoms with Crippen molar-refractivity contribution in [3.63, 3.8) is 0 Å². The highest BCUT2D eigenvalue weighted by molar-refractivity contribution is 7.47. The molecule has 1 amide bonds. The Balaban J connectivity index is 4.26. The van der Waals surface area contributed by atoms with Gasteiger partial charge in [0.05, 0.1) is 39.9 Å². The van der Waals surface area contributed by atoms with Gasteiger partial charge in [0.2, 0.25) is 5.91 Å². The molecular weight excluding hydrogens is 768 g/mol. The van der Waals surface area contributed by atoms with Crippen molar-refractivity contribution in [3.8, 4) is 0 Å². The summed E-state index contributed by atoms with van der Waals surface area (Å²) in [6, 6.07) is -0.846. The van der Waals surface area contributed by atoms with Gasteiger partial charge in [0.15, 0.2) is 0 Å². The average Bonchev–Trinajstić information content (AvgIpc) is 3.20. The van der Waals surface area contributed by atoms with Crippen LogP contribution < -0.4 is 5.32 Å². The fourth-order valence-corrected chi connectivity index (χ4v) is 8.30. The fraction of sp³-hybridized carbons (Fsp3) is 0.902. The third kappa shape index (κ3) is 45.0. The first kappa shape index (κ1) is 59.0. The molecule has 0 heterocycles. The van der Waals surface area contributed by atoms with Gasteiger partial charge in [-0.15, -0.1) is 0 Å². The lowest BCUT2D eigenvalue weighted by Gasteiger charge is -2.25. The zero-order valence-corrected chi connectivity index (χ0v) is 41.4. The van der Waals surface area contributed by atoms with Crippen LogP contribution in [-0.4, -0.2) is 73.4 Å². The van der Waals surface area contributed by atoms with E-state index in [-0.39, 0.29) is 19.1 Å². The minimum atomic E-state index is -4.34. The first-order valence-corrected chi connectivity index (χ1v) is 27.2. The average molecular weight is 870 g/mol. The number of hydrogen-bond donors (Lipinski definition) is 3. The molecule has 0 saturated heterocycles. The Morgan fingerprint density at radius 3 is 1.28 bits per heavy atom. The normalized spacial score (nSPS) is 14.3. The molecule has 3 unspecified atom stereocenters. The quantitative estimate of drug-likeness (QED) is 0.0243. The molecule has 0 rings (SSSR count). The molecule has 60 heavy (non-hydrogen) atoms. The minimum Gasteiger partial charge on any atom is -0.387 e. The fourth-order valence-electron chi connectivity index (χ4n) is 7.57. The molecule has 0 bridgehead atoms. The number of aliphatic hydroxyl groups is 1. The second-order valence-corrected chi connectivity index (χ2v) is 20.4. The first-order chi connectivity index (χ1) is 29.0. The summed E-state index contributed by atoms with van der Waals surface area (Å²) in [5.74, 6) is -0.179. The van der Waals surface area contributed by atoms with E-state index in [1.54, 1.807) is 6.08 Å². The van der Waals surface area contributed by atoms with Crippen molar-refractivity contribution in [1.82, 2.24) is 5.32 Å². The summed E-state index contributed by atoms with van der Waals surface area (Å²) in [6.07, 6.45) is 52.6. The van der Waals surface area contributed by atoms with E-state index >= 15 is 0 Å². The van der Waals surface area contributed by atoms with Gasteiger partial charge in [0, 0.05) is 6.42 Å². The lowest BCUT2D eigenvalue weighted by atomic mass is 10.0. The smallest absolute Gasteiger partial charge is 0.387 e. The number of quaternary nitrogens is 1. The monoisotopic (exact) mass is 870 g/mol. The number of nitrogens with one attached hydrogen (secondary N) is 1. The van der Waals surface area contributed by atoms with E-state index in [1.165, 1.54) is 186 Å². The lowest BCUT2D eigenvalue weighted by Crippen LogP contribution is -2.45. The van der Waals surface area contributed by atoms with Crippen LogP contribution in [0.1, 0.15) is 245 Å². The predicted molar refractivity (Wildman–Crippen MR) is 258 cm³/mol. The number of hydrogen-bond acceptors (Lipinski definition) is 5. The van der Waals surface area contributed by atoms with Crippen LogP contribution >= 0.6 is 7.82 Å². The van der Waals surface area contributed by atoms with Gasteiger partial charge >= 0.3 is 7.82 Å². The van der Waals surface area contributed by atoms with Crippen LogP contribution in [-0.2, 0) is 18.4 Å². The van der Waals surface area contributed by atoms with E-state index in [1.807, 2.05) is 27.2 Å². The molecule has 0 aliphatic heterocycles. The number of phosphoric ester groups is 1. The van der Waals surface area contributed by atoms with E-state index in [4.69, 9.17) is 9.05 Å². The van der Waals surface area contributed by atoms with Gasteiger partial charge in [-0.25, -0.2) is 4.57 Å². The minimum absolute atomic E-state index is 0.0620. The molecule has 3 N–H and O–H groups in total. The van der Waals surface area contributed by atoms with E-state index in [2.05, 4.69) is 31.3 Å². The number of carbonyl (C=O) groups is 1. The molecule has 0 aliphatic rings. The van der Waals surface area contributed by atoms with Crippen molar-refractivity contribution in [3.05, 3.63) is 24.3 Å². The summed E-state index contributed by atoms with van der Waals surface area (Å²) in [5, 5.41) is 13.9. The molecule has 3 atom stereocenters. The molecule has 8 nitrogen and oxygen atoms in total. The van der Waals surface area contributed by atoms with E-state index < -0.39 is 20.0 Å². The molecule has 0 aliphatic carbocycles. The second-order valence-electron chi connectivity index (χ2n) is 18.9. The molecule has 0 aromatic carbocycles. The number of nitrogens with zero attached hydrogens (tertiary/aromatic N) is 1. The number of unbranched alkanes of at least 4 members (excludes halogenated alkanes) is 32. The Morgan fingerprint density at radius 2 is 0.900 bits per heavy atom. The number of rotatable bonds is 47. The highest BCUT2D eigenvalue weighted by atomic mass is 31.2. The maximum atomic E-state index is 12.9. The van der Waals surface area contributed by atoms with Gasteiger partial charge in [-0.05, 0) is 44.9 Å². The molecule has 0 spiro atoms. The van der Waals surface area contributed by atoms with Crippen molar-refractivity contribution in [2.75, 3.05) is 40.9 Å². The summed E-state index contributed by atoms with van der Waals surface area (Å²) in [7, 11) is 1.58. The highest BCUT2D eigenvalue weighted by Crippen LogP contribution is 2.43. The number of aliphatic hydroxyl groups excluding tert-OH is 1. The molecule has 9 heteroatoms. The molecule has 0 aromatic heterocycles. The Bertz CT molecular complexity index is 1030. The maximum Gasteiger partial charge on any atom is 0.472 e. The van der Waals surface area contributed by atoms with Crippen LogP contribution in [0.25, 0.3) is 0 Å². The Kier molecular flexibility index (Phi) is 42.5. The van der Waals surface area contributed by atoms with Gasteiger partial charge in [0.1, 0.15) is 13.2 Å². The zero-order chi connectivity index (χ0) is 44.3. The Morgan fingerprint density at radius 1 is 0.550 bits per heavy atom. The Hall–Kier alpha value is -1.02. The zero-order valence-electron chi connectivity index (χ0n) is 40.5. The summed E-state index contributed by atoms with van der Waals surface area (Å²) < 4.78 is 23.6. The standard InChI is InChI=1S/C51H101N2O6P/c1-6-8-10-12-14-16-18-20-22-23-24-25-26-27-28-29-31-33-35-37-39-41-43-45-51(55)52-49(48-59-60(56,57)58-47-46-53(3,4)5)50(54)44-42-40-38-36-34-32-30-21-19-17-15-13-11-9-7-2/h27-28,42,44,49-50,54H,6-26,29-41,43,45-48H2,1-5H3,(H-,52,55,56,57)/p+1/b28-27-,44-42+. The topological polar surface area (TPSA) is 105 Å². The summed E-state index contributed by atoms with van der Waals surface area (Å²) in [5.41, 5.74) is 0. The number of allylic oxidation sites excluding steroid dienone is 3. The maximum absolute atomic E-state index is 12.9. The van der Waals surface area contributed by atoms with E-state index in [9.17, 15) is 19.4 Å². The largest absolute Gasteiger partial charge is 0.472 e. The molecule has 0 fully saturated rings. The van der Waals surface area contributed by atoms with Gasteiger partial charge < -0.3 is 19.8 Å². The number of likely N-dealkylation sites (N-methyl/N-ethyl adjacent to an activating group) is 1. The molecular formula is C51H102N2O6P+. The van der Waals surface area contributed by atoms with Crippen LogP contribution in [0.2, 0.25) is 0 Å². The van der Waals surface area contributed by atoms with Crippen LogP contribution in [0, 0.1) is 0 Å². The van der Waals surface area contributed by atoms with E-state index in [0.29, 0.717) is 17.4 Å². The number of phosphoric acid groups is 1.